The van der Waals surface area contributed by atoms with Crippen LogP contribution in [0.5, 0.6) is 0 Å². The summed E-state index contributed by atoms with van der Waals surface area (Å²) in [5.41, 5.74) is -0.243. The Morgan fingerprint density at radius 1 is 1.14 bits per heavy atom. The van der Waals surface area contributed by atoms with Gasteiger partial charge in [-0.1, -0.05) is 34.1 Å². The number of nitrogens with one attached hydrogen (secondary N) is 2. The molecule has 0 fully saturated rings. The summed E-state index contributed by atoms with van der Waals surface area (Å²) >= 11 is 3.14. The molecule has 0 saturated carbocycles. The molecule has 1 aromatic heterocycles. The van der Waals surface area contributed by atoms with E-state index in [1.54, 1.807) is 36.4 Å². The number of amides is 1. The van der Waals surface area contributed by atoms with Crippen LogP contribution < -0.4 is 10.9 Å². The van der Waals surface area contributed by atoms with Crippen molar-refractivity contribution < 1.29 is 9.18 Å². The lowest BCUT2D eigenvalue weighted by Crippen LogP contribution is -2.19. The highest BCUT2D eigenvalue weighted by Crippen LogP contribution is 2.20. The van der Waals surface area contributed by atoms with E-state index in [-0.39, 0.29) is 16.9 Å². The standard InChI is InChI=1S/C16H10BrFN2O2/c17-10-5-6-13(12(18)8-10)19-16(22)14-7-9-3-1-2-4-11(9)15(21)20-14/h1-8H,(H,19,22)(H,20,21). The van der Waals surface area contributed by atoms with Crippen LogP contribution in [0.25, 0.3) is 10.8 Å². The number of aromatic amines is 1. The van der Waals surface area contributed by atoms with Gasteiger partial charge in [-0.2, -0.15) is 0 Å². The molecular formula is C16H10BrFN2O2. The largest absolute Gasteiger partial charge is 0.318 e. The summed E-state index contributed by atoms with van der Waals surface area (Å²) < 4.78 is 14.3. The molecule has 3 aromatic rings. The number of hydrogen-bond donors (Lipinski definition) is 2. The van der Waals surface area contributed by atoms with Crippen LogP contribution in [0.2, 0.25) is 0 Å². The third-order valence-electron chi connectivity index (χ3n) is 3.18. The Bertz CT molecular complexity index is 937. The molecular weight excluding hydrogens is 351 g/mol. The van der Waals surface area contributed by atoms with Crippen molar-refractivity contribution in [2.24, 2.45) is 0 Å². The van der Waals surface area contributed by atoms with Crippen LogP contribution in [-0.4, -0.2) is 10.9 Å². The number of halogens is 2. The number of fused-ring (bicyclic) bond motifs is 1. The lowest BCUT2D eigenvalue weighted by atomic mass is 10.1. The second-order valence-electron chi connectivity index (χ2n) is 4.68. The van der Waals surface area contributed by atoms with Crippen molar-refractivity contribution in [2.75, 3.05) is 5.32 Å². The van der Waals surface area contributed by atoms with Gasteiger partial charge in [0.15, 0.2) is 0 Å². The number of pyridine rings is 1. The molecule has 3 rings (SSSR count). The van der Waals surface area contributed by atoms with Crippen LogP contribution in [0.4, 0.5) is 10.1 Å². The van der Waals surface area contributed by atoms with Crippen molar-refractivity contribution in [3.63, 3.8) is 0 Å². The Kier molecular flexibility index (Phi) is 3.77. The molecule has 0 saturated heterocycles. The molecule has 2 N–H and O–H groups in total. The van der Waals surface area contributed by atoms with Crippen LogP contribution in [0.15, 0.2) is 57.8 Å². The summed E-state index contributed by atoms with van der Waals surface area (Å²) in [7, 11) is 0. The van der Waals surface area contributed by atoms with Gasteiger partial charge >= 0.3 is 0 Å². The summed E-state index contributed by atoms with van der Waals surface area (Å²) in [6, 6.07) is 12.8. The summed E-state index contributed by atoms with van der Waals surface area (Å²) in [6.07, 6.45) is 0. The van der Waals surface area contributed by atoms with Crippen molar-refractivity contribution in [1.82, 2.24) is 4.98 Å². The fraction of sp³-hybridized carbons (Fsp3) is 0. The maximum absolute atomic E-state index is 13.7. The second-order valence-corrected chi connectivity index (χ2v) is 5.59. The molecule has 1 heterocycles. The van der Waals surface area contributed by atoms with Crippen LogP contribution in [-0.2, 0) is 0 Å². The Morgan fingerprint density at radius 2 is 1.91 bits per heavy atom. The number of H-pyrrole nitrogens is 1. The summed E-state index contributed by atoms with van der Waals surface area (Å²) in [4.78, 5) is 26.6. The first-order chi connectivity index (χ1) is 10.5. The molecule has 2 aromatic carbocycles. The fourth-order valence-electron chi connectivity index (χ4n) is 2.11. The van der Waals surface area contributed by atoms with E-state index in [1.165, 1.54) is 12.1 Å². The van der Waals surface area contributed by atoms with Gasteiger partial charge in [-0.3, -0.25) is 9.59 Å². The van der Waals surface area contributed by atoms with E-state index in [2.05, 4.69) is 26.2 Å². The quantitative estimate of drug-likeness (QED) is 0.732. The smallest absolute Gasteiger partial charge is 0.272 e. The van der Waals surface area contributed by atoms with Gasteiger partial charge in [0, 0.05) is 9.86 Å². The molecule has 0 aliphatic rings. The van der Waals surface area contributed by atoms with Crippen molar-refractivity contribution in [2.45, 2.75) is 0 Å². The monoisotopic (exact) mass is 360 g/mol. The predicted molar refractivity (Wildman–Crippen MR) is 86.6 cm³/mol. The molecule has 0 bridgehead atoms. The molecule has 0 spiro atoms. The zero-order chi connectivity index (χ0) is 15.7. The number of carbonyl (C=O) groups is 1. The summed E-state index contributed by atoms with van der Waals surface area (Å²) in [5, 5.41) is 3.58. The Hall–Kier alpha value is -2.47. The van der Waals surface area contributed by atoms with Gasteiger partial charge in [-0.15, -0.1) is 0 Å². The lowest BCUT2D eigenvalue weighted by Gasteiger charge is -2.07. The SMILES string of the molecule is O=C(Nc1ccc(Br)cc1F)c1cc2ccccc2c(=O)[nH]1. The first-order valence-electron chi connectivity index (χ1n) is 6.43. The molecule has 22 heavy (non-hydrogen) atoms. The molecule has 0 unspecified atom stereocenters. The highest BCUT2D eigenvalue weighted by molar-refractivity contribution is 9.10. The van der Waals surface area contributed by atoms with E-state index < -0.39 is 11.7 Å². The van der Waals surface area contributed by atoms with Gasteiger partial charge < -0.3 is 10.3 Å². The normalized spacial score (nSPS) is 10.6. The highest BCUT2D eigenvalue weighted by atomic mass is 79.9. The van der Waals surface area contributed by atoms with E-state index >= 15 is 0 Å². The maximum Gasteiger partial charge on any atom is 0.272 e. The topological polar surface area (TPSA) is 62.0 Å². The first-order valence-corrected chi connectivity index (χ1v) is 7.22. The van der Waals surface area contributed by atoms with Gasteiger partial charge in [0.25, 0.3) is 11.5 Å². The van der Waals surface area contributed by atoms with Crippen molar-refractivity contribution in [1.29, 1.82) is 0 Å². The van der Waals surface area contributed by atoms with Crippen molar-refractivity contribution in [3.05, 3.63) is 74.9 Å². The van der Waals surface area contributed by atoms with E-state index in [0.717, 1.165) is 0 Å². The van der Waals surface area contributed by atoms with Crippen LogP contribution in [0.1, 0.15) is 10.5 Å². The fourth-order valence-corrected chi connectivity index (χ4v) is 2.45. The molecule has 0 aliphatic carbocycles. The van der Waals surface area contributed by atoms with Crippen LogP contribution in [0, 0.1) is 5.82 Å². The minimum Gasteiger partial charge on any atom is -0.318 e. The lowest BCUT2D eigenvalue weighted by molar-refractivity contribution is 0.102. The molecule has 4 nitrogen and oxygen atoms in total. The number of hydrogen-bond acceptors (Lipinski definition) is 2. The Morgan fingerprint density at radius 3 is 2.68 bits per heavy atom. The Labute approximate surface area is 133 Å². The molecule has 0 aliphatic heterocycles. The number of aromatic nitrogens is 1. The predicted octanol–water partition coefficient (Wildman–Crippen LogP) is 3.68. The second kappa shape index (κ2) is 5.73. The number of rotatable bonds is 2. The molecule has 1 amide bonds. The van der Waals surface area contributed by atoms with Crippen LogP contribution >= 0.6 is 15.9 Å². The van der Waals surface area contributed by atoms with Crippen molar-refractivity contribution in [3.8, 4) is 0 Å². The molecule has 0 radical (unpaired) electrons. The maximum atomic E-state index is 13.7. The zero-order valence-corrected chi connectivity index (χ0v) is 12.8. The van der Waals surface area contributed by atoms with E-state index in [0.29, 0.717) is 15.2 Å². The van der Waals surface area contributed by atoms with Gasteiger partial charge in [0.2, 0.25) is 0 Å². The van der Waals surface area contributed by atoms with E-state index in [4.69, 9.17) is 0 Å². The third-order valence-corrected chi connectivity index (χ3v) is 3.67. The van der Waals surface area contributed by atoms with Gasteiger partial charge in [-0.25, -0.2) is 4.39 Å². The average molecular weight is 361 g/mol. The molecule has 6 heteroatoms. The zero-order valence-electron chi connectivity index (χ0n) is 11.2. The summed E-state index contributed by atoms with van der Waals surface area (Å²) in [5.74, 6) is -1.14. The van der Waals surface area contributed by atoms with Crippen molar-refractivity contribution >= 4 is 38.3 Å². The highest BCUT2D eigenvalue weighted by Gasteiger charge is 2.12. The molecule has 110 valence electrons. The van der Waals surface area contributed by atoms with Crippen LogP contribution in [0.3, 0.4) is 0 Å². The average Bonchev–Trinajstić information content (AvgIpc) is 2.50. The molecule has 0 atom stereocenters. The van der Waals surface area contributed by atoms with Gasteiger partial charge in [0.05, 0.1) is 5.69 Å². The number of carbonyl (C=O) groups excluding carboxylic acids is 1. The minimum atomic E-state index is -0.580. The van der Waals surface area contributed by atoms with E-state index in [1.807, 2.05) is 0 Å². The minimum absolute atomic E-state index is 0.0437. The van der Waals surface area contributed by atoms with Gasteiger partial charge in [0.1, 0.15) is 11.5 Å². The number of benzene rings is 2. The van der Waals surface area contributed by atoms with E-state index in [9.17, 15) is 14.0 Å². The third kappa shape index (κ3) is 2.78. The Balaban J connectivity index is 1.97. The summed E-state index contributed by atoms with van der Waals surface area (Å²) in [6.45, 7) is 0. The van der Waals surface area contributed by atoms with Gasteiger partial charge in [-0.05, 0) is 35.7 Å². The number of anilines is 1. The first kappa shape index (κ1) is 14.5.